The Morgan fingerprint density at radius 1 is 1.30 bits per heavy atom. The SMILES string of the molecule is O=C(C1CC(F)(F)C1)N1Cc2ccnn2C(CCOCc2cccnc2)C1. The molecule has 1 amide bonds. The number of pyridine rings is 1. The molecule has 0 spiro atoms. The van der Waals surface area contributed by atoms with Crippen molar-refractivity contribution in [3.63, 3.8) is 0 Å². The Balaban J connectivity index is 1.34. The van der Waals surface area contributed by atoms with Crippen LogP contribution in [0.5, 0.6) is 0 Å². The Kier molecular flexibility index (Phi) is 4.90. The summed E-state index contributed by atoms with van der Waals surface area (Å²) < 4.78 is 33.9. The Morgan fingerprint density at radius 3 is 2.89 bits per heavy atom. The lowest BCUT2D eigenvalue weighted by Gasteiger charge is -2.40. The average molecular weight is 376 g/mol. The number of alkyl halides is 2. The van der Waals surface area contributed by atoms with Crippen molar-refractivity contribution >= 4 is 5.91 Å². The van der Waals surface area contributed by atoms with E-state index in [0.29, 0.717) is 32.7 Å². The summed E-state index contributed by atoms with van der Waals surface area (Å²) in [6.07, 6.45) is 5.22. The molecule has 1 aliphatic heterocycles. The summed E-state index contributed by atoms with van der Waals surface area (Å²) in [5.74, 6) is -3.41. The molecular weight excluding hydrogens is 354 g/mol. The van der Waals surface area contributed by atoms with Crippen LogP contribution in [-0.4, -0.2) is 44.6 Å². The number of carbonyl (C=O) groups is 1. The maximum absolute atomic E-state index is 13.1. The second kappa shape index (κ2) is 7.34. The van der Waals surface area contributed by atoms with Gasteiger partial charge in [0, 0.05) is 50.5 Å². The molecule has 1 aliphatic carbocycles. The zero-order chi connectivity index (χ0) is 18.9. The summed E-state index contributed by atoms with van der Waals surface area (Å²) >= 11 is 0. The van der Waals surface area contributed by atoms with E-state index in [1.807, 2.05) is 22.9 Å². The highest BCUT2D eigenvalue weighted by Crippen LogP contribution is 2.43. The molecule has 3 heterocycles. The number of nitrogens with zero attached hydrogens (tertiary/aromatic N) is 4. The average Bonchev–Trinajstić information content (AvgIpc) is 3.12. The molecular formula is C19H22F2N4O2. The van der Waals surface area contributed by atoms with Crippen LogP contribution >= 0.6 is 0 Å². The van der Waals surface area contributed by atoms with Crippen LogP contribution in [0, 0.1) is 5.92 Å². The molecule has 2 aromatic heterocycles. The van der Waals surface area contributed by atoms with Crippen LogP contribution in [0.4, 0.5) is 8.78 Å². The van der Waals surface area contributed by atoms with Crippen molar-refractivity contribution in [3.8, 4) is 0 Å². The standard InChI is InChI=1S/C19H22F2N4O2/c20-19(21)8-15(9-19)18(26)24-11-16-3-6-23-25(16)17(12-24)4-7-27-13-14-2-1-5-22-10-14/h1-3,5-6,10,15,17H,4,7-9,11-13H2. The molecule has 8 heteroatoms. The van der Waals surface area contributed by atoms with Gasteiger partial charge in [0.05, 0.1) is 24.9 Å². The first kappa shape index (κ1) is 18.0. The molecule has 1 unspecified atom stereocenters. The molecule has 6 nitrogen and oxygen atoms in total. The first-order chi connectivity index (χ1) is 13.0. The fourth-order valence-corrected chi connectivity index (χ4v) is 3.76. The van der Waals surface area contributed by atoms with Gasteiger partial charge in [0.15, 0.2) is 0 Å². The summed E-state index contributed by atoms with van der Waals surface area (Å²) in [5.41, 5.74) is 1.93. The number of halogens is 2. The Bertz CT molecular complexity index is 788. The smallest absolute Gasteiger partial charge is 0.249 e. The van der Waals surface area contributed by atoms with Gasteiger partial charge in [0.25, 0.3) is 0 Å². The maximum Gasteiger partial charge on any atom is 0.249 e. The summed E-state index contributed by atoms with van der Waals surface area (Å²) in [5, 5.41) is 4.36. The third-order valence-electron chi connectivity index (χ3n) is 5.22. The minimum atomic E-state index is -2.68. The van der Waals surface area contributed by atoms with Gasteiger partial charge in [-0.25, -0.2) is 8.78 Å². The number of hydrogen-bond acceptors (Lipinski definition) is 4. The van der Waals surface area contributed by atoms with Crippen LogP contribution in [0.2, 0.25) is 0 Å². The van der Waals surface area contributed by atoms with Crippen LogP contribution in [0.15, 0.2) is 36.8 Å². The molecule has 1 atom stereocenters. The highest BCUT2D eigenvalue weighted by molar-refractivity contribution is 5.80. The highest BCUT2D eigenvalue weighted by atomic mass is 19.3. The fourth-order valence-electron chi connectivity index (χ4n) is 3.76. The molecule has 2 aromatic rings. The second-order valence-electron chi connectivity index (χ2n) is 7.30. The predicted octanol–water partition coefficient (Wildman–Crippen LogP) is 2.81. The highest BCUT2D eigenvalue weighted by Gasteiger charge is 2.50. The third-order valence-corrected chi connectivity index (χ3v) is 5.22. The van der Waals surface area contributed by atoms with E-state index in [0.717, 1.165) is 11.3 Å². The summed E-state index contributed by atoms with van der Waals surface area (Å²) in [6.45, 7) is 1.90. The van der Waals surface area contributed by atoms with Gasteiger partial charge < -0.3 is 9.64 Å². The molecule has 144 valence electrons. The molecule has 0 aromatic carbocycles. The number of aromatic nitrogens is 3. The van der Waals surface area contributed by atoms with E-state index >= 15 is 0 Å². The topological polar surface area (TPSA) is 60.2 Å². The zero-order valence-electron chi connectivity index (χ0n) is 14.9. The summed E-state index contributed by atoms with van der Waals surface area (Å²) in [7, 11) is 0. The molecule has 1 fully saturated rings. The first-order valence-corrected chi connectivity index (χ1v) is 9.17. The molecule has 2 aliphatic rings. The first-order valence-electron chi connectivity index (χ1n) is 9.17. The van der Waals surface area contributed by atoms with Crippen LogP contribution < -0.4 is 0 Å². The van der Waals surface area contributed by atoms with Crippen LogP contribution in [-0.2, 0) is 22.7 Å². The lowest BCUT2D eigenvalue weighted by atomic mass is 9.80. The molecule has 0 N–H and O–H groups in total. The van der Waals surface area contributed by atoms with Crippen molar-refractivity contribution in [1.29, 1.82) is 0 Å². The van der Waals surface area contributed by atoms with Crippen molar-refractivity contribution in [1.82, 2.24) is 19.7 Å². The minimum absolute atomic E-state index is 0.0119. The number of hydrogen-bond donors (Lipinski definition) is 0. The maximum atomic E-state index is 13.1. The molecule has 0 saturated heterocycles. The van der Waals surface area contributed by atoms with Crippen molar-refractivity contribution in [3.05, 3.63) is 48.0 Å². The van der Waals surface area contributed by atoms with Gasteiger partial charge >= 0.3 is 0 Å². The monoisotopic (exact) mass is 376 g/mol. The molecule has 27 heavy (non-hydrogen) atoms. The lowest BCUT2D eigenvalue weighted by Crippen LogP contribution is -2.49. The van der Waals surface area contributed by atoms with E-state index in [1.54, 1.807) is 23.5 Å². The van der Waals surface area contributed by atoms with Crippen LogP contribution in [0.1, 0.15) is 36.6 Å². The van der Waals surface area contributed by atoms with E-state index < -0.39 is 11.8 Å². The summed E-state index contributed by atoms with van der Waals surface area (Å²) in [4.78, 5) is 18.3. The Labute approximate surface area is 156 Å². The molecule has 0 radical (unpaired) electrons. The van der Waals surface area contributed by atoms with Gasteiger partial charge in [-0.2, -0.15) is 5.10 Å². The minimum Gasteiger partial charge on any atom is -0.377 e. The van der Waals surface area contributed by atoms with Crippen LogP contribution in [0.3, 0.4) is 0 Å². The fraction of sp³-hybridized carbons (Fsp3) is 0.526. The lowest BCUT2D eigenvalue weighted by molar-refractivity contribution is -0.161. The number of rotatable bonds is 6. The number of carbonyl (C=O) groups excluding carboxylic acids is 1. The van der Waals surface area contributed by atoms with Gasteiger partial charge in [-0.05, 0) is 24.1 Å². The second-order valence-corrected chi connectivity index (χ2v) is 7.30. The zero-order valence-corrected chi connectivity index (χ0v) is 14.9. The van der Waals surface area contributed by atoms with Gasteiger partial charge in [0.2, 0.25) is 11.8 Å². The van der Waals surface area contributed by atoms with E-state index in [2.05, 4.69) is 10.1 Å². The van der Waals surface area contributed by atoms with Gasteiger partial charge in [-0.3, -0.25) is 14.5 Å². The Hall–Kier alpha value is -2.35. The van der Waals surface area contributed by atoms with Gasteiger partial charge in [-0.1, -0.05) is 6.07 Å². The van der Waals surface area contributed by atoms with Gasteiger partial charge in [-0.15, -0.1) is 0 Å². The summed E-state index contributed by atoms with van der Waals surface area (Å²) in [6, 6.07) is 5.68. The van der Waals surface area contributed by atoms with E-state index in [4.69, 9.17) is 4.74 Å². The van der Waals surface area contributed by atoms with Gasteiger partial charge in [0.1, 0.15) is 0 Å². The third kappa shape index (κ3) is 4.00. The number of fused-ring (bicyclic) bond motifs is 1. The van der Waals surface area contributed by atoms with E-state index in [9.17, 15) is 13.6 Å². The van der Waals surface area contributed by atoms with E-state index in [-0.39, 0.29) is 24.8 Å². The molecule has 0 bridgehead atoms. The van der Waals surface area contributed by atoms with Crippen LogP contribution in [0.25, 0.3) is 0 Å². The molecule has 4 rings (SSSR count). The van der Waals surface area contributed by atoms with Crippen molar-refractivity contribution in [2.75, 3.05) is 13.2 Å². The Morgan fingerprint density at radius 2 is 2.15 bits per heavy atom. The predicted molar refractivity (Wildman–Crippen MR) is 92.9 cm³/mol. The van der Waals surface area contributed by atoms with Crippen molar-refractivity contribution < 1.29 is 18.3 Å². The normalized spacial score (nSPS) is 21.6. The van der Waals surface area contributed by atoms with Crippen molar-refractivity contribution in [2.45, 2.75) is 44.4 Å². The number of ether oxygens (including phenoxy) is 1. The molecule has 1 saturated carbocycles. The number of amides is 1. The van der Waals surface area contributed by atoms with E-state index in [1.165, 1.54) is 0 Å². The largest absolute Gasteiger partial charge is 0.377 e. The quantitative estimate of drug-likeness (QED) is 0.728. The van der Waals surface area contributed by atoms with Crippen molar-refractivity contribution in [2.24, 2.45) is 5.92 Å².